The van der Waals surface area contributed by atoms with Gasteiger partial charge < -0.3 is 29.4 Å². The van der Waals surface area contributed by atoms with Gasteiger partial charge in [-0.3, -0.25) is 0 Å². The Bertz CT molecular complexity index is 757. The smallest absolute Gasteiger partial charge is 0.161 e. The van der Waals surface area contributed by atoms with Gasteiger partial charge in [-0.05, 0) is 35.7 Å². The van der Waals surface area contributed by atoms with Crippen LogP contribution in [0.2, 0.25) is 0 Å². The van der Waals surface area contributed by atoms with E-state index in [4.69, 9.17) is 18.9 Å². The Labute approximate surface area is 173 Å². The second-order valence-corrected chi connectivity index (χ2v) is 7.89. The number of para-hydroxylation sites is 2. The highest BCUT2D eigenvalue weighted by molar-refractivity contribution is 5.44. The van der Waals surface area contributed by atoms with Gasteiger partial charge in [-0.1, -0.05) is 32.9 Å². The van der Waals surface area contributed by atoms with E-state index >= 15 is 0 Å². The monoisotopic (exact) mass is 404 g/mol. The first-order valence-corrected chi connectivity index (χ1v) is 9.92. The van der Waals surface area contributed by atoms with E-state index in [1.54, 1.807) is 14.2 Å². The molecule has 6 nitrogen and oxygen atoms in total. The number of aliphatic hydroxyl groups excluding tert-OH is 1. The molecule has 0 unspecified atom stereocenters. The standard InChI is InChI=1S/C23H33NO5/c1-23(2,3)19-14-18(26-4)10-11-20(19)29-16-17(25)15-24-12-13-28-22-9-7-6-8-21(22)27-5/h6-11,14,17,24-25H,12-13,15-16H2,1-5H3/p+1/t17-/m1/s1. The van der Waals surface area contributed by atoms with Crippen molar-refractivity contribution >= 4 is 0 Å². The summed E-state index contributed by atoms with van der Waals surface area (Å²) in [5.41, 5.74) is 0.967. The zero-order valence-electron chi connectivity index (χ0n) is 18.1. The first-order valence-electron chi connectivity index (χ1n) is 9.92. The van der Waals surface area contributed by atoms with Crippen molar-refractivity contribution in [2.75, 3.05) is 40.5 Å². The van der Waals surface area contributed by atoms with Crippen molar-refractivity contribution < 1.29 is 29.4 Å². The van der Waals surface area contributed by atoms with E-state index in [0.717, 1.165) is 35.1 Å². The van der Waals surface area contributed by atoms with Crippen LogP contribution in [0.5, 0.6) is 23.0 Å². The van der Waals surface area contributed by atoms with E-state index in [2.05, 4.69) is 20.8 Å². The third kappa shape index (κ3) is 7.15. The Morgan fingerprint density at radius 1 is 0.931 bits per heavy atom. The van der Waals surface area contributed by atoms with Gasteiger partial charge in [-0.2, -0.15) is 0 Å². The first kappa shape index (κ1) is 22.8. The first-order chi connectivity index (χ1) is 13.8. The molecule has 0 fully saturated rings. The molecule has 0 heterocycles. The quantitative estimate of drug-likeness (QED) is 0.563. The summed E-state index contributed by atoms with van der Waals surface area (Å²) in [4.78, 5) is 0. The third-order valence-corrected chi connectivity index (χ3v) is 4.51. The summed E-state index contributed by atoms with van der Waals surface area (Å²) in [5, 5.41) is 12.3. The van der Waals surface area contributed by atoms with Crippen molar-refractivity contribution in [1.29, 1.82) is 0 Å². The fourth-order valence-electron chi connectivity index (χ4n) is 2.90. The molecule has 160 valence electrons. The van der Waals surface area contributed by atoms with Crippen molar-refractivity contribution in [3.05, 3.63) is 48.0 Å². The molecule has 0 amide bonds. The fourth-order valence-corrected chi connectivity index (χ4v) is 2.90. The molecule has 0 saturated heterocycles. The summed E-state index contributed by atoms with van der Waals surface area (Å²) in [6, 6.07) is 13.3. The summed E-state index contributed by atoms with van der Waals surface area (Å²) >= 11 is 0. The van der Waals surface area contributed by atoms with E-state index in [0.29, 0.717) is 13.2 Å². The van der Waals surface area contributed by atoms with Crippen LogP contribution in [0.15, 0.2) is 42.5 Å². The van der Waals surface area contributed by atoms with Gasteiger partial charge in [-0.15, -0.1) is 0 Å². The van der Waals surface area contributed by atoms with Gasteiger partial charge in [0.1, 0.15) is 43.9 Å². The maximum atomic E-state index is 10.3. The van der Waals surface area contributed by atoms with E-state index < -0.39 is 6.10 Å². The molecule has 0 aliphatic heterocycles. The molecule has 6 heteroatoms. The average molecular weight is 405 g/mol. The molecule has 0 bridgehead atoms. The van der Waals surface area contributed by atoms with Gasteiger partial charge in [0.05, 0.1) is 14.2 Å². The Balaban J connectivity index is 1.75. The van der Waals surface area contributed by atoms with Gasteiger partial charge in [-0.25, -0.2) is 0 Å². The molecule has 0 spiro atoms. The highest BCUT2D eigenvalue weighted by atomic mass is 16.5. The molecular formula is C23H34NO5+. The lowest BCUT2D eigenvalue weighted by atomic mass is 9.86. The average Bonchev–Trinajstić information content (AvgIpc) is 2.71. The van der Waals surface area contributed by atoms with E-state index in [1.165, 1.54) is 0 Å². The number of quaternary nitrogens is 1. The molecule has 0 aliphatic rings. The molecule has 3 N–H and O–H groups in total. The molecule has 0 aliphatic carbocycles. The summed E-state index contributed by atoms with van der Waals surface area (Å²) in [6.45, 7) is 8.41. The van der Waals surface area contributed by atoms with E-state index in [1.807, 2.05) is 47.8 Å². The topological polar surface area (TPSA) is 73.8 Å². The number of hydrogen-bond donors (Lipinski definition) is 2. The number of aliphatic hydroxyl groups is 1. The van der Waals surface area contributed by atoms with Crippen LogP contribution in [-0.4, -0.2) is 51.7 Å². The lowest BCUT2D eigenvalue weighted by molar-refractivity contribution is -0.661. The van der Waals surface area contributed by atoms with Crippen LogP contribution >= 0.6 is 0 Å². The van der Waals surface area contributed by atoms with Crippen LogP contribution in [0.1, 0.15) is 26.3 Å². The maximum Gasteiger partial charge on any atom is 0.161 e. The van der Waals surface area contributed by atoms with Crippen molar-refractivity contribution in [2.24, 2.45) is 0 Å². The van der Waals surface area contributed by atoms with Crippen LogP contribution < -0.4 is 24.3 Å². The van der Waals surface area contributed by atoms with E-state index in [9.17, 15) is 5.11 Å². The molecule has 0 saturated carbocycles. The molecule has 2 aromatic rings. The minimum absolute atomic E-state index is 0.0865. The number of methoxy groups -OCH3 is 2. The normalized spacial score (nSPS) is 12.3. The summed E-state index contributed by atoms with van der Waals surface area (Å²) < 4.78 is 22.2. The Kier molecular flexibility index (Phi) is 8.61. The van der Waals surface area contributed by atoms with E-state index in [-0.39, 0.29) is 12.0 Å². The summed E-state index contributed by atoms with van der Waals surface area (Å²) in [6.07, 6.45) is -0.573. The molecule has 0 aromatic heterocycles. The van der Waals surface area contributed by atoms with Crippen LogP contribution in [0.4, 0.5) is 0 Å². The molecule has 2 aromatic carbocycles. The van der Waals surface area contributed by atoms with Gasteiger partial charge in [0.2, 0.25) is 0 Å². The maximum absolute atomic E-state index is 10.3. The van der Waals surface area contributed by atoms with Crippen molar-refractivity contribution in [3.8, 4) is 23.0 Å². The minimum atomic E-state index is -0.573. The number of ether oxygens (including phenoxy) is 4. The number of hydrogen-bond acceptors (Lipinski definition) is 5. The summed E-state index contributed by atoms with van der Waals surface area (Å²) in [5.74, 6) is 3.01. The third-order valence-electron chi connectivity index (χ3n) is 4.51. The highest BCUT2D eigenvalue weighted by Gasteiger charge is 2.21. The Hall–Kier alpha value is -2.44. The Morgan fingerprint density at radius 2 is 1.66 bits per heavy atom. The zero-order chi connectivity index (χ0) is 21.3. The zero-order valence-corrected chi connectivity index (χ0v) is 18.1. The highest BCUT2D eigenvalue weighted by Crippen LogP contribution is 2.34. The van der Waals surface area contributed by atoms with Crippen LogP contribution in [-0.2, 0) is 5.41 Å². The van der Waals surface area contributed by atoms with Gasteiger partial charge in [0.25, 0.3) is 0 Å². The number of rotatable bonds is 11. The molecule has 1 atom stereocenters. The predicted octanol–water partition coefficient (Wildman–Crippen LogP) is 2.38. The predicted molar refractivity (Wildman–Crippen MR) is 113 cm³/mol. The fraction of sp³-hybridized carbons (Fsp3) is 0.478. The van der Waals surface area contributed by atoms with Crippen molar-refractivity contribution in [1.82, 2.24) is 0 Å². The van der Waals surface area contributed by atoms with Crippen LogP contribution in [0.3, 0.4) is 0 Å². The van der Waals surface area contributed by atoms with Crippen LogP contribution in [0.25, 0.3) is 0 Å². The van der Waals surface area contributed by atoms with Crippen molar-refractivity contribution in [2.45, 2.75) is 32.3 Å². The van der Waals surface area contributed by atoms with Gasteiger partial charge in [0, 0.05) is 5.56 Å². The summed E-state index contributed by atoms with van der Waals surface area (Å²) in [7, 11) is 3.28. The van der Waals surface area contributed by atoms with Crippen molar-refractivity contribution in [3.63, 3.8) is 0 Å². The number of nitrogens with two attached hydrogens (primary N) is 1. The molecule has 2 rings (SSSR count). The largest absolute Gasteiger partial charge is 0.497 e. The van der Waals surface area contributed by atoms with Gasteiger partial charge in [0.15, 0.2) is 11.5 Å². The lowest BCUT2D eigenvalue weighted by Gasteiger charge is -2.24. The molecular weight excluding hydrogens is 370 g/mol. The minimum Gasteiger partial charge on any atom is -0.497 e. The molecule has 29 heavy (non-hydrogen) atoms. The second-order valence-electron chi connectivity index (χ2n) is 7.89. The SMILES string of the molecule is COc1ccc(OC[C@H](O)C[NH2+]CCOc2ccccc2OC)c(C(C)(C)C)c1. The van der Waals surface area contributed by atoms with Crippen LogP contribution in [0, 0.1) is 0 Å². The van der Waals surface area contributed by atoms with Gasteiger partial charge >= 0.3 is 0 Å². The molecule has 0 radical (unpaired) electrons. The lowest BCUT2D eigenvalue weighted by Crippen LogP contribution is -2.87. The second kappa shape index (κ2) is 10.9. The Morgan fingerprint density at radius 3 is 2.31 bits per heavy atom. The number of benzene rings is 2.